The number of halogens is 7. The maximum Gasteiger partial charge on any atom is 0.427 e. The normalized spacial score (nSPS) is 25.2. The van der Waals surface area contributed by atoms with Gasteiger partial charge >= 0.3 is 18.0 Å². The molecule has 1 nitrogen and oxygen atoms in total. The molecule has 0 saturated heterocycles. The number of benzene rings is 1. The standard InChI is InChI=1S/C29H37F7O/c1-2-3-4-5-7-10-22-13-15-23(16-14-22)24-17-19-26(20-18-24,25-11-8-6-9-12-25)37-29(35,36)28(33,34)27(31,32)21-30/h6,8-9,11-12,17-19,22-23H,2-5,7,10,13-16,20-21H2,1H3. The molecule has 1 aromatic rings. The Morgan fingerprint density at radius 2 is 1.54 bits per heavy atom. The Kier molecular flexibility index (Phi) is 9.92. The van der Waals surface area contributed by atoms with E-state index < -0.39 is 30.2 Å². The van der Waals surface area contributed by atoms with Gasteiger partial charge in [0, 0.05) is 6.42 Å². The first-order chi connectivity index (χ1) is 17.5. The molecule has 0 aliphatic heterocycles. The van der Waals surface area contributed by atoms with Crippen molar-refractivity contribution < 1.29 is 35.5 Å². The van der Waals surface area contributed by atoms with Gasteiger partial charge in [0.05, 0.1) is 0 Å². The summed E-state index contributed by atoms with van der Waals surface area (Å²) >= 11 is 0. The maximum absolute atomic E-state index is 14.6. The Morgan fingerprint density at radius 3 is 2.11 bits per heavy atom. The van der Waals surface area contributed by atoms with Crippen LogP contribution >= 0.6 is 0 Å². The van der Waals surface area contributed by atoms with Gasteiger partial charge in [-0.05, 0) is 54.7 Å². The third-order valence-corrected chi connectivity index (χ3v) is 7.79. The van der Waals surface area contributed by atoms with Gasteiger partial charge in [-0.25, -0.2) is 4.39 Å². The van der Waals surface area contributed by atoms with Gasteiger partial charge in [0.1, 0.15) is 5.60 Å². The second-order valence-corrected chi connectivity index (χ2v) is 10.4. The van der Waals surface area contributed by atoms with Gasteiger partial charge < -0.3 is 0 Å². The fourth-order valence-electron chi connectivity index (χ4n) is 5.42. The maximum atomic E-state index is 14.6. The van der Waals surface area contributed by atoms with Gasteiger partial charge in [-0.15, -0.1) is 0 Å². The summed E-state index contributed by atoms with van der Waals surface area (Å²) in [6.07, 6.45) is 10.2. The molecule has 0 bridgehead atoms. The van der Waals surface area contributed by atoms with Crippen molar-refractivity contribution in [3.63, 3.8) is 0 Å². The average molecular weight is 535 g/mol. The smallest absolute Gasteiger partial charge is 0.299 e. The Morgan fingerprint density at radius 1 is 0.892 bits per heavy atom. The van der Waals surface area contributed by atoms with E-state index in [2.05, 4.69) is 11.7 Å². The van der Waals surface area contributed by atoms with Crippen molar-refractivity contribution in [2.75, 3.05) is 6.67 Å². The number of alkyl halides is 7. The van der Waals surface area contributed by atoms with E-state index in [1.165, 1.54) is 68.9 Å². The summed E-state index contributed by atoms with van der Waals surface area (Å²) in [5, 5.41) is 0. The van der Waals surface area contributed by atoms with Crippen LogP contribution in [0.3, 0.4) is 0 Å². The average Bonchev–Trinajstić information content (AvgIpc) is 2.89. The zero-order valence-corrected chi connectivity index (χ0v) is 21.3. The highest BCUT2D eigenvalue weighted by atomic mass is 19.4. The van der Waals surface area contributed by atoms with E-state index in [0.717, 1.165) is 31.3 Å². The minimum Gasteiger partial charge on any atom is -0.299 e. The minimum atomic E-state index is -6.04. The summed E-state index contributed by atoms with van der Waals surface area (Å²) in [6.45, 7) is -0.740. The van der Waals surface area contributed by atoms with Crippen LogP contribution < -0.4 is 0 Å². The third kappa shape index (κ3) is 6.79. The van der Waals surface area contributed by atoms with Gasteiger partial charge in [-0.1, -0.05) is 87.9 Å². The molecule has 1 fully saturated rings. The van der Waals surface area contributed by atoms with Crippen molar-refractivity contribution in [3.05, 3.63) is 59.7 Å². The second kappa shape index (κ2) is 12.4. The van der Waals surface area contributed by atoms with Gasteiger partial charge in [0.15, 0.2) is 6.67 Å². The Hall–Kier alpha value is -1.83. The lowest BCUT2D eigenvalue weighted by molar-refractivity contribution is -0.419. The second-order valence-electron chi connectivity index (χ2n) is 10.4. The quantitative estimate of drug-likeness (QED) is 0.181. The molecule has 0 N–H and O–H groups in total. The van der Waals surface area contributed by atoms with Crippen molar-refractivity contribution in [1.82, 2.24) is 0 Å². The number of rotatable bonds is 13. The van der Waals surface area contributed by atoms with E-state index in [1.807, 2.05) is 0 Å². The van der Waals surface area contributed by atoms with Crippen LogP contribution in [0.1, 0.15) is 83.1 Å². The Bertz CT molecular complexity index is 904. The van der Waals surface area contributed by atoms with E-state index in [9.17, 15) is 30.7 Å². The molecule has 1 aromatic carbocycles. The SMILES string of the molecule is CCCCCCCC1CCC(C2=CCC(OC(F)(F)C(F)(F)C(F)(F)CF)(c3ccccc3)C=C2)CC1. The number of hydrogen-bond donors (Lipinski definition) is 0. The van der Waals surface area contributed by atoms with Crippen molar-refractivity contribution in [2.24, 2.45) is 11.8 Å². The summed E-state index contributed by atoms with van der Waals surface area (Å²) in [5.74, 6) is -10.7. The van der Waals surface area contributed by atoms with E-state index in [0.29, 0.717) is 5.92 Å². The predicted octanol–water partition coefficient (Wildman–Crippen LogP) is 9.78. The van der Waals surface area contributed by atoms with Gasteiger partial charge in [0.2, 0.25) is 0 Å². The first-order valence-electron chi connectivity index (χ1n) is 13.3. The molecule has 2 aliphatic carbocycles. The highest BCUT2D eigenvalue weighted by molar-refractivity contribution is 5.37. The highest BCUT2D eigenvalue weighted by Gasteiger charge is 2.74. The molecular weight excluding hydrogens is 497 g/mol. The predicted molar refractivity (Wildman–Crippen MR) is 131 cm³/mol. The van der Waals surface area contributed by atoms with Crippen molar-refractivity contribution in [1.29, 1.82) is 0 Å². The molecule has 3 rings (SSSR count). The molecule has 0 radical (unpaired) electrons. The van der Waals surface area contributed by atoms with E-state index in [-0.39, 0.29) is 17.9 Å². The molecule has 1 saturated carbocycles. The van der Waals surface area contributed by atoms with Crippen LogP contribution in [0.5, 0.6) is 0 Å². The van der Waals surface area contributed by atoms with Crippen LogP contribution in [-0.4, -0.2) is 24.6 Å². The lowest BCUT2D eigenvalue weighted by Crippen LogP contribution is -2.58. The molecule has 208 valence electrons. The largest absolute Gasteiger partial charge is 0.427 e. The Labute approximate surface area is 215 Å². The lowest BCUT2D eigenvalue weighted by atomic mass is 9.74. The molecule has 1 atom stereocenters. The molecule has 0 aromatic heterocycles. The molecule has 8 heteroatoms. The van der Waals surface area contributed by atoms with Crippen molar-refractivity contribution >= 4 is 0 Å². The number of hydrogen-bond acceptors (Lipinski definition) is 1. The van der Waals surface area contributed by atoms with Gasteiger partial charge in [-0.3, -0.25) is 4.74 Å². The number of ether oxygens (including phenoxy) is 1. The molecule has 2 aliphatic rings. The monoisotopic (exact) mass is 534 g/mol. The summed E-state index contributed by atoms with van der Waals surface area (Å²) in [4.78, 5) is 0. The number of unbranched alkanes of at least 4 members (excludes halogenated alkanes) is 4. The highest BCUT2D eigenvalue weighted by Crippen LogP contribution is 2.51. The van der Waals surface area contributed by atoms with Crippen LogP contribution in [-0.2, 0) is 10.3 Å². The summed E-state index contributed by atoms with van der Waals surface area (Å²) < 4.78 is 101. The summed E-state index contributed by atoms with van der Waals surface area (Å²) in [6, 6.07) is 7.47. The van der Waals surface area contributed by atoms with E-state index >= 15 is 0 Å². The van der Waals surface area contributed by atoms with Crippen LogP contribution in [0.15, 0.2) is 54.1 Å². The van der Waals surface area contributed by atoms with Crippen LogP contribution in [0.4, 0.5) is 30.7 Å². The van der Waals surface area contributed by atoms with E-state index in [1.54, 1.807) is 18.2 Å². The molecule has 37 heavy (non-hydrogen) atoms. The van der Waals surface area contributed by atoms with Crippen LogP contribution in [0, 0.1) is 11.8 Å². The summed E-state index contributed by atoms with van der Waals surface area (Å²) in [5.41, 5.74) is -1.06. The Balaban J connectivity index is 1.70. The van der Waals surface area contributed by atoms with Gasteiger partial charge in [-0.2, -0.15) is 26.3 Å². The number of allylic oxidation sites excluding steroid dienone is 2. The molecule has 0 spiro atoms. The molecule has 1 unspecified atom stereocenters. The fraction of sp³-hybridized carbons (Fsp3) is 0.655. The molecule has 0 amide bonds. The first-order valence-corrected chi connectivity index (χ1v) is 13.3. The fourth-order valence-corrected chi connectivity index (χ4v) is 5.42. The van der Waals surface area contributed by atoms with Crippen molar-refractivity contribution in [3.8, 4) is 0 Å². The summed E-state index contributed by atoms with van der Waals surface area (Å²) in [7, 11) is 0. The third-order valence-electron chi connectivity index (χ3n) is 7.79. The van der Waals surface area contributed by atoms with Crippen LogP contribution in [0.25, 0.3) is 0 Å². The van der Waals surface area contributed by atoms with Crippen molar-refractivity contribution in [2.45, 2.75) is 101 Å². The van der Waals surface area contributed by atoms with Gasteiger partial charge in [0.25, 0.3) is 0 Å². The zero-order valence-electron chi connectivity index (χ0n) is 21.3. The topological polar surface area (TPSA) is 9.23 Å². The van der Waals surface area contributed by atoms with E-state index in [4.69, 9.17) is 0 Å². The first kappa shape index (κ1) is 29.7. The van der Waals surface area contributed by atoms with Crippen LogP contribution in [0.2, 0.25) is 0 Å². The molecule has 0 heterocycles. The molecular formula is C29H37F7O. The lowest BCUT2D eigenvalue weighted by Gasteiger charge is -2.40. The zero-order chi connectivity index (χ0) is 27.2. The minimum absolute atomic E-state index is 0.118.